The van der Waals surface area contributed by atoms with Gasteiger partial charge in [-0.1, -0.05) is 13.0 Å². The molecule has 2 nitrogen and oxygen atoms in total. The second-order valence-electron chi connectivity index (χ2n) is 3.16. The summed E-state index contributed by atoms with van der Waals surface area (Å²) < 4.78 is 5.29. The van der Waals surface area contributed by atoms with Crippen LogP contribution in [0, 0.1) is 0 Å². The maximum absolute atomic E-state index is 9.16. The molecule has 0 radical (unpaired) electrons. The van der Waals surface area contributed by atoms with Crippen molar-refractivity contribution in [1.29, 1.82) is 0 Å². The van der Waals surface area contributed by atoms with Crippen LogP contribution in [0.1, 0.15) is 18.4 Å². The number of hydrogen-bond acceptors (Lipinski definition) is 3. The minimum Gasteiger partial charge on any atom is -0.496 e. The van der Waals surface area contributed by atoms with E-state index in [1.807, 2.05) is 25.3 Å². The first kappa shape index (κ1) is 11.4. The Morgan fingerprint density at radius 3 is 2.71 bits per heavy atom. The van der Waals surface area contributed by atoms with Gasteiger partial charge in [-0.15, -0.1) is 11.8 Å². The molecule has 0 spiro atoms. The molecule has 1 unspecified atom stereocenters. The fraction of sp³-hybridized carbons (Fsp3) is 0.455. The molecule has 0 aliphatic rings. The van der Waals surface area contributed by atoms with E-state index in [0.29, 0.717) is 0 Å². The smallest absolute Gasteiger partial charge is 0.123 e. The molecule has 0 fully saturated rings. The van der Waals surface area contributed by atoms with Crippen LogP contribution in [0.25, 0.3) is 0 Å². The van der Waals surface area contributed by atoms with Crippen LogP contribution in [-0.4, -0.2) is 25.1 Å². The molecular weight excluding hydrogens is 196 g/mol. The van der Waals surface area contributed by atoms with Crippen molar-refractivity contribution in [2.45, 2.75) is 17.7 Å². The number of hydrogen-bond donors (Lipinski definition) is 1. The van der Waals surface area contributed by atoms with Crippen molar-refractivity contribution in [1.82, 2.24) is 0 Å². The fourth-order valence-corrected chi connectivity index (χ4v) is 2.19. The van der Waals surface area contributed by atoms with Gasteiger partial charge in [-0.05, 0) is 18.4 Å². The summed E-state index contributed by atoms with van der Waals surface area (Å²) >= 11 is 1.68. The molecule has 3 heteroatoms. The quantitative estimate of drug-likeness (QED) is 0.778. The van der Waals surface area contributed by atoms with Crippen LogP contribution < -0.4 is 4.74 Å². The number of thioether (sulfide) groups is 1. The number of methoxy groups -OCH3 is 1. The van der Waals surface area contributed by atoms with Crippen LogP contribution in [0.3, 0.4) is 0 Å². The van der Waals surface area contributed by atoms with Gasteiger partial charge in [0, 0.05) is 23.0 Å². The van der Waals surface area contributed by atoms with Crippen molar-refractivity contribution < 1.29 is 9.84 Å². The van der Waals surface area contributed by atoms with Crippen molar-refractivity contribution in [2.24, 2.45) is 0 Å². The molecule has 14 heavy (non-hydrogen) atoms. The van der Waals surface area contributed by atoms with E-state index < -0.39 is 0 Å². The summed E-state index contributed by atoms with van der Waals surface area (Å²) in [4.78, 5) is 1.17. The highest BCUT2D eigenvalue weighted by atomic mass is 32.2. The van der Waals surface area contributed by atoms with E-state index in [4.69, 9.17) is 9.84 Å². The lowest BCUT2D eigenvalue weighted by Gasteiger charge is -2.16. The lowest BCUT2D eigenvalue weighted by Crippen LogP contribution is -2.03. The van der Waals surface area contributed by atoms with E-state index >= 15 is 0 Å². The maximum atomic E-state index is 9.16. The minimum atomic E-state index is 0.119. The summed E-state index contributed by atoms with van der Waals surface area (Å²) in [5.74, 6) is 0.979. The van der Waals surface area contributed by atoms with E-state index in [1.54, 1.807) is 18.9 Å². The molecule has 1 aromatic carbocycles. The molecule has 0 aromatic heterocycles. The highest BCUT2D eigenvalue weighted by molar-refractivity contribution is 7.98. The average molecular weight is 212 g/mol. The molecule has 0 heterocycles. The average Bonchev–Trinajstić information content (AvgIpc) is 2.26. The highest BCUT2D eigenvalue weighted by Gasteiger charge is 2.14. The second-order valence-corrected chi connectivity index (χ2v) is 4.01. The Labute approximate surface area is 89.3 Å². The normalized spacial score (nSPS) is 12.6. The molecule has 0 saturated carbocycles. The first-order chi connectivity index (χ1) is 6.74. The first-order valence-electron chi connectivity index (χ1n) is 4.56. The summed E-state index contributed by atoms with van der Waals surface area (Å²) in [5.41, 5.74) is 1.10. The molecule has 1 rings (SSSR count). The summed E-state index contributed by atoms with van der Waals surface area (Å²) in [5, 5.41) is 9.16. The Morgan fingerprint density at radius 1 is 1.50 bits per heavy atom. The van der Waals surface area contributed by atoms with Gasteiger partial charge in [0.2, 0.25) is 0 Å². The number of aliphatic hydroxyl groups excluding tert-OH is 1. The molecule has 0 amide bonds. The Morgan fingerprint density at radius 2 is 2.21 bits per heavy atom. The van der Waals surface area contributed by atoms with Gasteiger partial charge in [-0.25, -0.2) is 0 Å². The zero-order chi connectivity index (χ0) is 10.6. The number of benzene rings is 1. The molecule has 78 valence electrons. The van der Waals surface area contributed by atoms with E-state index in [-0.39, 0.29) is 12.5 Å². The van der Waals surface area contributed by atoms with E-state index in [0.717, 1.165) is 11.3 Å². The van der Waals surface area contributed by atoms with Crippen LogP contribution >= 0.6 is 11.8 Å². The largest absolute Gasteiger partial charge is 0.496 e. The number of rotatable bonds is 4. The fourth-order valence-electron chi connectivity index (χ4n) is 1.46. The van der Waals surface area contributed by atoms with Gasteiger partial charge < -0.3 is 9.84 Å². The standard InChI is InChI=1S/C11H16O2S/c1-8(7-12)11-9(13-2)5-4-6-10(11)14-3/h4-6,8,12H,7H2,1-3H3. The molecule has 1 aromatic rings. The second kappa shape index (κ2) is 5.27. The zero-order valence-electron chi connectivity index (χ0n) is 8.78. The van der Waals surface area contributed by atoms with Gasteiger partial charge in [-0.3, -0.25) is 0 Å². The summed E-state index contributed by atoms with van der Waals surface area (Å²) in [6.45, 7) is 2.14. The first-order valence-corrected chi connectivity index (χ1v) is 5.78. The number of ether oxygens (including phenoxy) is 1. The molecule has 0 saturated heterocycles. The van der Waals surface area contributed by atoms with Crippen LogP contribution in [0.15, 0.2) is 23.1 Å². The van der Waals surface area contributed by atoms with Crippen LogP contribution in [-0.2, 0) is 0 Å². The third-order valence-corrected chi connectivity index (χ3v) is 3.03. The van der Waals surface area contributed by atoms with Gasteiger partial charge in [0.05, 0.1) is 7.11 Å². The SMILES string of the molecule is COc1cccc(SC)c1C(C)CO. The van der Waals surface area contributed by atoms with Gasteiger partial charge in [0.25, 0.3) is 0 Å². The predicted molar refractivity (Wildman–Crippen MR) is 60.3 cm³/mol. The minimum absolute atomic E-state index is 0.119. The molecule has 1 N–H and O–H groups in total. The van der Waals surface area contributed by atoms with Crippen molar-refractivity contribution in [2.75, 3.05) is 20.0 Å². The van der Waals surface area contributed by atoms with Crippen LogP contribution in [0.2, 0.25) is 0 Å². The van der Waals surface area contributed by atoms with Gasteiger partial charge >= 0.3 is 0 Å². The Balaban J connectivity index is 3.18. The van der Waals surface area contributed by atoms with E-state index in [1.165, 1.54) is 4.90 Å². The zero-order valence-corrected chi connectivity index (χ0v) is 9.60. The topological polar surface area (TPSA) is 29.5 Å². The number of aliphatic hydroxyl groups is 1. The highest BCUT2D eigenvalue weighted by Crippen LogP contribution is 2.34. The summed E-state index contributed by atoms with van der Waals surface area (Å²) in [6, 6.07) is 5.95. The van der Waals surface area contributed by atoms with Crippen molar-refractivity contribution in [3.63, 3.8) is 0 Å². The lowest BCUT2D eigenvalue weighted by molar-refractivity contribution is 0.268. The molecule has 0 bridgehead atoms. The third kappa shape index (κ3) is 2.22. The predicted octanol–water partition coefficient (Wildman–Crippen LogP) is 2.51. The lowest BCUT2D eigenvalue weighted by atomic mass is 10.0. The Bertz CT molecular complexity index is 277. The molecular formula is C11H16O2S. The van der Waals surface area contributed by atoms with Crippen LogP contribution in [0.4, 0.5) is 0 Å². The molecule has 1 atom stereocenters. The van der Waals surface area contributed by atoms with E-state index in [2.05, 4.69) is 6.07 Å². The maximum Gasteiger partial charge on any atom is 0.123 e. The summed E-state index contributed by atoms with van der Waals surface area (Å²) in [7, 11) is 1.66. The molecule has 0 aliphatic carbocycles. The third-order valence-electron chi connectivity index (χ3n) is 2.23. The van der Waals surface area contributed by atoms with Gasteiger partial charge in [0.1, 0.15) is 5.75 Å². The van der Waals surface area contributed by atoms with E-state index in [9.17, 15) is 0 Å². The van der Waals surface area contributed by atoms with Crippen molar-refractivity contribution in [3.05, 3.63) is 23.8 Å². The Hall–Kier alpha value is -0.670. The Kier molecular flexibility index (Phi) is 4.29. The summed E-state index contributed by atoms with van der Waals surface area (Å²) in [6.07, 6.45) is 2.03. The van der Waals surface area contributed by atoms with Crippen LogP contribution in [0.5, 0.6) is 5.75 Å². The van der Waals surface area contributed by atoms with Gasteiger partial charge in [-0.2, -0.15) is 0 Å². The van der Waals surface area contributed by atoms with Gasteiger partial charge in [0.15, 0.2) is 0 Å². The monoisotopic (exact) mass is 212 g/mol. The molecule has 0 aliphatic heterocycles. The van der Waals surface area contributed by atoms with Crippen molar-refractivity contribution >= 4 is 11.8 Å². The van der Waals surface area contributed by atoms with Crippen molar-refractivity contribution in [3.8, 4) is 5.75 Å².